The smallest absolute Gasteiger partial charge is 0.0449 e. The zero-order valence-corrected chi connectivity index (χ0v) is 10.6. The van der Waals surface area contributed by atoms with Crippen LogP contribution in [0.25, 0.3) is 0 Å². The lowest BCUT2D eigenvalue weighted by Crippen LogP contribution is -2.62. The molecule has 0 heterocycles. The summed E-state index contributed by atoms with van der Waals surface area (Å²) in [5, 5.41) is 12.9. The van der Waals surface area contributed by atoms with E-state index in [0.29, 0.717) is 17.4 Å². The molecular weight excluding hydrogens is 186 g/mol. The van der Waals surface area contributed by atoms with E-state index in [9.17, 15) is 5.11 Å². The second kappa shape index (κ2) is 3.21. The van der Waals surface area contributed by atoms with Gasteiger partial charge in [-0.2, -0.15) is 0 Å². The van der Waals surface area contributed by atoms with Crippen molar-refractivity contribution in [1.82, 2.24) is 5.32 Å². The molecule has 2 nitrogen and oxygen atoms in total. The normalized spacial score (nSPS) is 47.4. The molecule has 0 aromatic rings. The molecule has 0 aromatic carbocycles. The van der Waals surface area contributed by atoms with Crippen LogP contribution in [0.5, 0.6) is 0 Å². The molecule has 0 spiro atoms. The number of nitrogens with one attached hydrogen (secondary N) is 1. The van der Waals surface area contributed by atoms with Gasteiger partial charge >= 0.3 is 0 Å². The zero-order valence-electron chi connectivity index (χ0n) is 10.6. The summed E-state index contributed by atoms with van der Waals surface area (Å²) >= 11 is 0. The lowest BCUT2D eigenvalue weighted by molar-refractivity contribution is -0.00817. The Morgan fingerprint density at radius 1 is 1.33 bits per heavy atom. The van der Waals surface area contributed by atoms with E-state index in [2.05, 4.69) is 33.1 Å². The fourth-order valence-corrected chi connectivity index (χ4v) is 4.91. The highest BCUT2D eigenvalue weighted by Crippen LogP contribution is 2.68. The van der Waals surface area contributed by atoms with Crippen molar-refractivity contribution >= 4 is 0 Å². The van der Waals surface area contributed by atoms with Crippen molar-refractivity contribution in [2.45, 2.75) is 52.0 Å². The number of fused-ring (bicyclic) bond motifs is 2. The van der Waals surface area contributed by atoms with Gasteiger partial charge in [0.2, 0.25) is 0 Å². The van der Waals surface area contributed by atoms with Crippen LogP contribution < -0.4 is 5.32 Å². The van der Waals surface area contributed by atoms with Crippen molar-refractivity contribution in [1.29, 1.82) is 0 Å². The highest BCUT2D eigenvalue weighted by molar-refractivity contribution is 5.21. The van der Waals surface area contributed by atoms with Crippen molar-refractivity contribution in [3.63, 3.8) is 0 Å². The highest BCUT2D eigenvalue weighted by atomic mass is 16.3. The average molecular weight is 211 g/mol. The van der Waals surface area contributed by atoms with Crippen LogP contribution in [-0.2, 0) is 0 Å². The molecule has 2 aliphatic carbocycles. The maximum absolute atomic E-state index is 9.36. The second-order valence-corrected chi connectivity index (χ2v) is 6.35. The molecule has 2 fully saturated rings. The van der Waals surface area contributed by atoms with Gasteiger partial charge in [-0.1, -0.05) is 20.8 Å². The van der Waals surface area contributed by atoms with Gasteiger partial charge in [-0.3, -0.25) is 0 Å². The van der Waals surface area contributed by atoms with Crippen LogP contribution in [0.2, 0.25) is 0 Å². The fourth-order valence-electron chi connectivity index (χ4n) is 4.91. The molecule has 2 rings (SSSR count). The zero-order chi connectivity index (χ0) is 11.3. The lowest BCUT2D eigenvalue weighted by Gasteiger charge is -2.54. The molecular formula is C13H25NO. The molecule has 88 valence electrons. The molecule has 15 heavy (non-hydrogen) atoms. The lowest BCUT2D eigenvalue weighted by atomic mass is 9.57. The molecule has 2 heteroatoms. The van der Waals surface area contributed by atoms with Crippen molar-refractivity contribution < 1.29 is 5.11 Å². The average Bonchev–Trinajstić information content (AvgIpc) is 2.63. The highest BCUT2D eigenvalue weighted by Gasteiger charge is 2.67. The summed E-state index contributed by atoms with van der Waals surface area (Å²) in [7, 11) is 2.07. The van der Waals surface area contributed by atoms with Crippen molar-refractivity contribution in [3.8, 4) is 0 Å². The summed E-state index contributed by atoms with van der Waals surface area (Å²) in [5.74, 6) is 0.835. The Morgan fingerprint density at radius 3 is 2.40 bits per heavy atom. The van der Waals surface area contributed by atoms with Crippen LogP contribution in [0.3, 0.4) is 0 Å². The van der Waals surface area contributed by atoms with E-state index in [-0.39, 0.29) is 5.54 Å². The van der Waals surface area contributed by atoms with Gasteiger partial charge in [-0.15, -0.1) is 0 Å². The molecule has 0 aromatic heterocycles. The first-order valence-corrected chi connectivity index (χ1v) is 6.23. The second-order valence-electron chi connectivity index (χ2n) is 6.35. The minimum atomic E-state index is 0.137. The molecule has 2 bridgehead atoms. The standard InChI is InChI=1S/C13H25NO/c1-11(2)10-5-6-12(3,9-10)13(11,14-4)7-8-15/h10,14-15H,5-9H2,1-4H3. The third kappa shape index (κ3) is 1.13. The molecule has 2 N–H and O–H groups in total. The fraction of sp³-hybridized carbons (Fsp3) is 1.00. The van der Waals surface area contributed by atoms with Gasteiger partial charge in [-0.25, -0.2) is 0 Å². The summed E-state index contributed by atoms with van der Waals surface area (Å²) in [6.07, 6.45) is 4.92. The number of aliphatic hydroxyl groups is 1. The van der Waals surface area contributed by atoms with Crippen LogP contribution in [0.4, 0.5) is 0 Å². The Balaban J connectivity index is 2.43. The Labute approximate surface area is 93.5 Å². The van der Waals surface area contributed by atoms with Crippen LogP contribution in [0.15, 0.2) is 0 Å². The predicted octanol–water partition coefficient (Wildman–Crippen LogP) is 2.17. The molecule has 2 aliphatic rings. The molecule has 0 aliphatic heterocycles. The third-order valence-electron chi connectivity index (χ3n) is 5.81. The first-order valence-electron chi connectivity index (χ1n) is 6.23. The van der Waals surface area contributed by atoms with Gasteiger partial charge in [-0.05, 0) is 49.5 Å². The molecule has 0 radical (unpaired) electrons. The van der Waals surface area contributed by atoms with Crippen LogP contribution >= 0.6 is 0 Å². The van der Waals surface area contributed by atoms with Crippen molar-refractivity contribution in [3.05, 3.63) is 0 Å². The van der Waals surface area contributed by atoms with Gasteiger partial charge in [0.1, 0.15) is 0 Å². The topological polar surface area (TPSA) is 32.3 Å². The Hall–Kier alpha value is -0.0800. The van der Waals surface area contributed by atoms with E-state index >= 15 is 0 Å². The van der Waals surface area contributed by atoms with Gasteiger partial charge in [0.05, 0.1) is 0 Å². The van der Waals surface area contributed by atoms with Crippen molar-refractivity contribution in [2.75, 3.05) is 13.7 Å². The summed E-state index contributed by atoms with van der Waals surface area (Å²) in [5.41, 5.74) is 0.841. The predicted molar refractivity (Wildman–Crippen MR) is 62.7 cm³/mol. The van der Waals surface area contributed by atoms with E-state index in [1.54, 1.807) is 0 Å². The number of rotatable bonds is 3. The number of aliphatic hydroxyl groups excluding tert-OH is 1. The molecule has 0 amide bonds. The van der Waals surface area contributed by atoms with E-state index in [0.717, 1.165) is 12.3 Å². The Morgan fingerprint density at radius 2 is 2.00 bits per heavy atom. The quantitative estimate of drug-likeness (QED) is 0.750. The first-order chi connectivity index (χ1) is 6.93. The van der Waals surface area contributed by atoms with Gasteiger partial charge in [0, 0.05) is 12.1 Å². The summed E-state index contributed by atoms with van der Waals surface area (Å²) in [6, 6.07) is 0. The number of hydrogen-bond donors (Lipinski definition) is 2. The van der Waals surface area contributed by atoms with Gasteiger partial charge in [0.25, 0.3) is 0 Å². The minimum Gasteiger partial charge on any atom is -0.396 e. The van der Waals surface area contributed by atoms with Crippen molar-refractivity contribution in [2.24, 2.45) is 16.7 Å². The van der Waals surface area contributed by atoms with E-state index in [1.165, 1.54) is 19.3 Å². The maximum atomic E-state index is 9.36. The third-order valence-corrected chi connectivity index (χ3v) is 5.81. The number of hydrogen-bond acceptors (Lipinski definition) is 2. The minimum absolute atomic E-state index is 0.137. The van der Waals surface area contributed by atoms with E-state index in [4.69, 9.17) is 0 Å². The van der Waals surface area contributed by atoms with E-state index in [1.807, 2.05) is 0 Å². The van der Waals surface area contributed by atoms with E-state index < -0.39 is 0 Å². The summed E-state index contributed by atoms with van der Waals surface area (Å²) < 4.78 is 0. The summed E-state index contributed by atoms with van der Waals surface area (Å²) in [4.78, 5) is 0. The first kappa shape index (κ1) is 11.4. The molecule has 3 unspecified atom stereocenters. The van der Waals surface area contributed by atoms with Crippen LogP contribution in [-0.4, -0.2) is 24.3 Å². The van der Waals surface area contributed by atoms with Gasteiger partial charge < -0.3 is 10.4 Å². The molecule has 2 saturated carbocycles. The SMILES string of the molecule is CNC1(CCO)C2(C)CCC(C2)C1(C)C. The largest absolute Gasteiger partial charge is 0.396 e. The Kier molecular flexibility index (Phi) is 2.44. The Bertz CT molecular complexity index is 257. The maximum Gasteiger partial charge on any atom is 0.0449 e. The monoisotopic (exact) mass is 211 g/mol. The van der Waals surface area contributed by atoms with Crippen LogP contribution in [0.1, 0.15) is 46.5 Å². The van der Waals surface area contributed by atoms with Gasteiger partial charge in [0.15, 0.2) is 0 Å². The van der Waals surface area contributed by atoms with Crippen LogP contribution in [0, 0.1) is 16.7 Å². The summed E-state index contributed by atoms with van der Waals surface area (Å²) in [6.45, 7) is 7.48. The molecule has 0 saturated heterocycles. The molecule has 3 atom stereocenters.